The van der Waals surface area contributed by atoms with Crippen molar-refractivity contribution < 1.29 is 4.79 Å². The van der Waals surface area contributed by atoms with Gasteiger partial charge in [-0.15, -0.1) is 0 Å². The van der Waals surface area contributed by atoms with Crippen LogP contribution >= 0.6 is 0 Å². The predicted molar refractivity (Wildman–Crippen MR) is 50.9 cm³/mol. The Hall–Kier alpha value is -0.590. The topological polar surface area (TPSA) is 17.1 Å². The highest BCUT2D eigenvalue weighted by molar-refractivity contribution is 5.83. The first-order valence-corrected chi connectivity index (χ1v) is 4.82. The molecule has 1 saturated carbocycles. The number of Topliss-reactive ketones (excluding diaryl/α,β-unsaturated/α-hetero) is 1. The van der Waals surface area contributed by atoms with E-state index < -0.39 is 0 Å². The molecule has 0 aromatic rings. The maximum absolute atomic E-state index is 11.3. The summed E-state index contributed by atoms with van der Waals surface area (Å²) in [6.07, 6.45) is 6.18. The Balaban J connectivity index is 2.58. The first kappa shape index (κ1) is 9.50. The third-order valence-corrected chi connectivity index (χ3v) is 3.05. The van der Waals surface area contributed by atoms with Crippen molar-refractivity contribution >= 4 is 5.78 Å². The molecule has 0 saturated heterocycles. The smallest absolute Gasteiger partial charge is 0.136 e. The first-order chi connectivity index (χ1) is 5.66. The minimum atomic E-state index is 0.288. The molecule has 3 atom stereocenters. The van der Waals surface area contributed by atoms with E-state index in [2.05, 4.69) is 26.0 Å². The fraction of sp³-hybridized carbons (Fsp3) is 0.727. The molecule has 1 aliphatic rings. The van der Waals surface area contributed by atoms with Crippen LogP contribution in [0.15, 0.2) is 12.2 Å². The molecule has 0 amide bonds. The number of ketones is 1. The molecule has 0 aliphatic heterocycles. The van der Waals surface area contributed by atoms with E-state index in [-0.39, 0.29) is 5.92 Å². The predicted octanol–water partition coefficient (Wildman–Crippen LogP) is 2.81. The van der Waals surface area contributed by atoms with E-state index >= 15 is 0 Å². The van der Waals surface area contributed by atoms with Gasteiger partial charge < -0.3 is 0 Å². The molecule has 0 aromatic heterocycles. The van der Waals surface area contributed by atoms with Crippen LogP contribution in [0.25, 0.3) is 0 Å². The maximum Gasteiger partial charge on any atom is 0.136 e. The SMILES string of the molecule is C/C=C/[C@@H](C)[C@H]1CCC(=O)[C@@H]1C. The number of rotatable bonds is 2. The molecule has 0 aromatic carbocycles. The lowest BCUT2D eigenvalue weighted by atomic mass is 9.85. The Morgan fingerprint density at radius 2 is 2.25 bits per heavy atom. The number of hydrogen-bond acceptors (Lipinski definition) is 1. The Kier molecular flexibility index (Phi) is 3.07. The fourth-order valence-electron chi connectivity index (χ4n) is 2.19. The van der Waals surface area contributed by atoms with Gasteiger partial charge in [-0.2, -0.15) is 0 Å². The zero-order chi connectivity index (χ0) is 9.14. The van der Waals surface area contributed by atoms with Gasteiger partial charge in [-0.05, 0) is 25.2 Å². The van der Waals surface area contributed by atoms with Crippen molar-refractivity contribution in [2.24, 2.45) is 17.8 Å². The summed E-state index contributed by atoms with van der Waals surface area (Å²) in [5, 5.41) is 0. The molecule has 1 nitrogen and oxygen atoms in total. The average molecular weight is 166 g/mol. The van der Waals surface area contributed by atoms with E-state index in [1.54, 1.807) is 0 Å². The summed E-state index contributed by atoms with van der Waals surface area (Å²) in [5.41, 5.74) is 0. The lowest BCUT2D eigenvalue weighted by Crippen LogP contribution is -2.16. The molecule has 12 heavy (non-hydrogen) atoms. The second kappa shape index (κ2) is 3.88. The summed E-state index contributed by atoms with van der Waals surface area (Å²) in [7, 11) is 0. The van der Waals surface area contributed by atoms with Gasteiger partial charge in [0.05, 0.1) is 0 Å². The standard InChI is InChI=1S/C11H18O/c1-4-5-8(2)10-6-7-11(12)9(10)3/h4-5,8-10H,6-7H2,1-3H3/b5-4+/t8-,9-,10-/m1/s1. The molecule has 68 valence electrons. The molecule has 0 unspecified atom stereocenters. The van der Waals surface area contributed by atoms with Crippen LogP contribution in [0.1, 0.15) is 33.6 Å². The van der Waals surface area contributed by atoms with Crippen molar-refractivity contribution in [1.29, 1.82) is 0 Å². The third-order valence-electron chi connectivity index (χ3n) is 3.05. The highest BCUT2D eigenvalue weighted by atomic mass is 16.1. The van der Waals surface area contributed by atoms with Crippen LogP contribution in [0.4, 0.5) is 0 Å². The molecule has 1 heteroatoms. The van der Waals surface area contributed by atoms with Crippen molar-refractivity contribution in [3.8, 4) is 0 Å². The van der Waals surface area contributed by atoms with Crippen LogP contribution in [-0.4, -0.2) is 5.78 Å². The van der Waals surface area contributed by atoms with Gasteiger partial charge in [0, 0.05) is 12.3 Å². The van der Waals surface area contributed by atoms with Crippen molar-refractivity contribution in [1.82, 2.24) is 0 Å². The zero-order valence-electron chi connectivity index (χ0n) is 8.21. The van der Waals surface area contributed by atoms with Crippen LogP contribution in [-0.2, 0) is 4.79 Å². The minimum Gasteiger partial charge on any atom is -0.299 e. The third kappa shape index (κ3) is 1.77. The highest BCUT2D eigenvalue weighted by Gasteiger charge is 2.33. The van der Waals surface area contributed by atoms with E-state index in [0.29, 0.717) is 17.6 Å². The number of hydrogen-bond donors (Lipinski definition) is 0. The van der Waals surface area contributed by atoms with E-state index in [1.165, 1.54) is 0 Å². The van der Waals surface area contributed by atoms with E-state index in [9.17, 15) is 4.79 Å². The molecule has 0 N–H and O–H groups in total. The van der Waals surface area contributed by atoms with Gasteiger partial charge in [-0.25, -0.2) is 0 Å². The molecule has 1 aliphatic carbocycles. The number of allylic oxidation sites excluding steroid dienone is 2. The summed E-state index contributed by atoms with van der Waals surface area (Å²) in [4.78, 5) is 11.3. The summed E-state index contributed by atoms with van der Waals surface area (Å²) in [6, 6.07) is 0. The summed E-state index contributed by atoms with van der Waals surface area (Å²) >= 11 is 0. The molecule has 1 fully saturated rings. The monoisotopic (exact) mass is 166 g/mol. The van der Waals surface area contributed by atoms with Gasteiger partial charge in [-0.3, -0.25) is 4.79 Å². The van der Waals surface area contributed by atoms with Crippen molar-refractivity contribution in [2.45, 2.75) is 33.6 Å². The second-order valence-corrected chi connectivity index (χ2v) is 3.84. The summed E-state index contributed by atoms with van der Waals surface area (Å²) in [6.45, 7) is 6.32. The molecule has 0 radical (unpaired) electrons. The van der Waals surface area contributed by atoms with E-state index in [1.807, 2.05) is 6.92 Å². The number of carbonyl (C=O) groups is 1. The van der Waals surface area contributed by atoms with Crippen LogP contribution < -0.4 is 0 Å². The molecule has 0 spiro atoms. The molecular weight excluding hydrogens is 148 g/mol. The Morgan fingerprint density at radius 3 is 2.67 bits per heavy atom. The van der Waals surface area contributed by atoms with Crippen molar-refractivity contribution in [2.75, 3.05) is 0 Å². The molecule has 1 rings (SSSR count). The van der Waals surface area contributed by atoms with Gasteiger partial charge in [0.15, 0.2) is 0 Å². The van der Waals surface area contributed by atoms with Crippen LogP contribution in [0.3, 0.4) is 0 Å². The normalized spacial score (nSPS) is 33.1. The Bertz CT molecular complexity index is 193. The second-order valence-electron chi connectivity index (χ2n) is 3.84. The van der Waals surface area contributed by atoms with Gasteiger partial charge in [-0.1, -0.05) is 26.0 Å². The van der Waals surface area contributed by atoms with Crippen LogP contribution in [0.2, 0.25) is 0 Å². The van der Waals surface area contributed by atoms with Gasteiger partial charge >= 0.3 is 0 Å². The lowest BCUT2D eigenvalue weighted by molar-refractivity contribution is -0.120. The molecule has 0 heterocycles. The largest absolute Gasteiger partial charge is 0.299 e. The van der Waals surface area contributed by atoms with Crippen molar-refractivity contribution in [3.63, 3.8) is 0 Å². The van der Waals surface area contributed by atoms with Gasteiger partial charge in [0.1, 0.15) is 5.78 Å². The van der Waals surface area contributed by atoms with Gasteiger partial charge in [0.2, 0.25) is 0 Å². The lowest BCUT2D eigenvalue weighted by Gasteiger charge is -2.18. The van der Waals surface area contributed by atoms with Crippen LogP contribution in [0, 0.1) is 17.8 Å². The quantitative estimate of drug-likeness (QED) is 0.576. The zero-order valence-corrected chi connectivity index (χ0v) is 8.21. The van der Waals surface area contributed by atoms with E-state index in [0.717, 1.165) is 12.8 Å². The van der Waals surface area contributed by atoms with Crippen LogP contribution in [0.5, 0.6) is 0 Å². The first-order valence-electron chi connectivity index (χ1n) is 4.82. The maximum atomic E-state index is 11.3. The fourth-order valence-corrected chi connectivity index (χ4v) is 2.19. The summed E-state index contributed by atoms with van der Waals surface area (Å²) in [5.74, 6) is 1.90. The average Bonchev–Trinajstić information content (AvgIpc) is 2.34. The molecular formula is C11H18O. The minimum absolute atomic E-state index is 0.288. The Morgan fingerprint density at radius 1 is 1.58 bits per heavy atom. The van der Waals surface area contributed by atoms with Gasteiger partial charge in [0.25, 0.3) is 0 Å². The summed E-state index contributed by atoms with van der Waals surface area (Å²) < 4.78 is 0. The van der Waals surface area contributed by atoms with Crippen molar-refractivity contribution in [3.05, 3.63) is 12.2 Å². The van der Waals surface area contributed by atoms with E-state index in [4.69, 9.17) is 0 Å². The Labute approximate surface area is 74.9 Å². The number of carbonyl (C=O) groups excluding carboxylic acids is 1. The highest BCUT2D eigenvalue weighted by Crippen LogP contribution is 2.34. The molecule has 0 bridgehead atoms.